The number of hydrogen-bond acceptors (Lipinski definition) is 3. The summed E-state index contributed by atoms with van der Waals surface area (Å²) in [6, 6.07) is 7.69. The van der Waals surface area contributed by atoms with Gasteiger partial charge in [0.2, 0.25) is 0 Å². The standard InChI is InChI=1S/C20H30N2O2/c1-21-11-13-22(14-12-21)20(23)18-8-5-9-19(16-18)24-15-10-17-6-3-2-4-7-17/h5,8-9,16-17H,2-4,6-7,10-15H2,1H3. The molecule has 1 amide bonds. The summed E-state index contributed by atoms with van der Waals surface area (Å²) in [6.07, 6.45) is 7.99. The average molecular weight is 330 g/mol. The maximum absolute atomic E-state index is 12.6. The van der Waals surface area contributed by atoms with Crippen molar-refractivity contribution >= 4 is 5.91 Å². The third-order valence-electron chi connectivity index (χ3n) is 5.39. The predicted molar refractivity (Wildman–Crippen MR) is 96.5 cm³/mol. The molecule has 2 aliphatic rings. The van der Waals surface area contributed by atoms with Crippen LogP contribution in [-0.2, 0) is 0 Å². The lowest BCUT2D eigenvalue weighted by atomic mass is 9.87. The zero-order valence-electron chi connectivity index (χ0n) is 14.9. The van der Waals surface area contributed by atoms with Gasteiger partial charge in [-0.1, -0.05) is 38.2 Å². The summed E-state index contributed by atoms with van der Waals surface area (Å²) in [4.78, 5) is 16.8. The van der Waals surface area contributed by atoms with Gasteiger partial charge in [0.15, 0.2) is 0 Å². The van der Waals surface area contributed by atoms with Crippen molar-refractivity contribution in [2.24, 2.45) is 5.92 Å². The fourth-order valence-corrected chi connectivity index (χ4v) is 3.73. The largest absolute Gasteiger partial charge is 0.494 e. The normalized spacial score (nSPS) is 20.1. The van der Waals surface area contributed by atoms with E-state index in [9.17, 15) is 4.79 Å². The van der Waals surface area contributed by atoms with E-state index in [1.807, 2.05) is 29.2 Å². The molecule has 0 aromatic heterocycles. The van der Waals surface area contributed by atoms with Gasteiger partial charge >= 0.3 is 0 Å². The van der Waals surface area contributed by atoms with Crippen LogP contribution in [0, 0.1) is 5.92 Å². The van der Waals surface area contributed by atoms with Crippen molar-refractivity contribution in [3.63, 3.8) is 0 Å². The van der Waals surface area contributed by atoms with Crippen molar-refractivity contribution in [2.45, 2.75) is 38.5 Å². The first kappa shape index (κ1) is 17.3. The topological polar surface area (TPSA) is 32.8 Å². The molecule has 0 atom stereocenters. The number of carbonyl (C=O) groups is 1. The van der Waals surface area contributed by atoms with Crippen molar-refractivity contribution in [1.82, 2.24) is 9.80 Å². The maximum atomic E-state index is 12.6. The SMILES string of the molecule is CN1CCN(C(=O)c2cccc(OCCC3CCCCC3)c2)CC1. The Morgan fingerprint density at radius 1 is 1.12 bits per heavy atom. The van der Waals surface area contributed by atoms with Gasteiger partial charge in [-0.3, -0.25) is 4.79 Å². The minimum Gasteiger partial charge on any atom is -0.494 e. The van der Waals surface area contributed by atoms with Crippen molar-refractivity contribution in [3.8, 4) is 5.75 Å². The molecule has 3 rings (SSSR count). The van der Waals surface area contributed by atoms with E-state index in [4.69, 9.17) is 4.74 Å². The van der Waals surface area contributed by atoms with E-state index in [-0.39, 0.29) is 5.91 Å². The van der Waals surface area contributed by atoms with Gasteiger partial charge in [-0.05, 0) is 37.6 Å². The third-order valence-corrected chi connectivity index (χ3v) is 5.39. The highest BCUT2D eigenvalue weighted by Crippen LogP contribution is 2.26. The highest BCUT2D eigenvalue weighted by molar-refractivity contribution is 5.94. The van der Waals surface area contributed by atoms with Crippen LogP contribution in [0.25, 0.3) is 0 Å². The lowest BCUT2D eigenvalue weighted by Gasteiger charge is -2.32. The number of rotatable bonds is 5. The smallest absolute Gasteiger partial charge is 0.254 e. The molecule has 0 N–H and O–H groups in total. The first-order valence-electron chi connectivity index (χ1n) is 9.43. The van der Waals surface area contributed by atoms with Crippen LogP contribution in [0.1, 0.15) is 48.9 Å². The Balaban J connectivity index is 1.50. The molecule has 132 valence electrons. The van der Waals surface area contributed by atoms with Gasteiger partial charge in [-0.2, -0.15) is 0 Å². The van der Waals surface area contributed by atoms with E-state index in [2.05, 4.69) is 11.9 Å². The van der Waals surface area contributed by atoms with Crippen LogP contribution in [0.3, 0.4) is 0 Å². The third kappa shape index (κ3) is 4.73. The predicted octanol–water partition coefficient (Wildman–Crippen LogP) is 3.42. The molecule has 4 heteroatoms. The van der Waals surface area contributed by atoms with E-state index in [1.54, 1.807) is 0 Å². The molecule has 1 aromatic carbocycles. The van der Waals surface area contributed by atoms with Crippen LogP contribution in [-0.4, -0.2) is 55.5 Å². The van der Waals surface area contributed by atoms with E-state index in [0.29, 0.717) is 0 Å². The number of ether oxygens (including phenoxy) is 1. The van der Waals surface area contributed by atoms with E-state index in [0.717, 1.165) is 56.4 Å². The molecule has 0 spiro atoms. The maximum Gasteiger partial charge on any atom is 0.254 e. The molecular weight excluding hydrogens is 300 g/mol. The summed E-state index contributed by atoms with van der Waals surface area (Å²) in [5, 5.41) is 0. The zero-order chi connectivity index (χ0) is 16.8. The Kier molecular flexibility index (Phi) is 6.13. The quantitative estimate of drug-likeness (QED) is 0.829. The second-order valence-corrected chi connectivity index (χ2v) is 7.26. The molecule has 0 bridgehead atoms. The van der Waals surface area contributed by atoms with Crippen LogP contribution in [0.5, 0.6) is 5.75 Å². The molecule has 0 unspecified atom stereocenters. The summed E-state index contributed by atoms with van der Waals surface area (Å²) >= 11 is 0. The molecule has 2 fully saturated rings. The van der Waals surface area contributed by atoms with Crippen LogP contribution in [0.2, 0.25) is 0 Å². The monoisotopic (exact) mass is 330 g/mol. The molecule has 1 saturated heterocycles. The van der Waals surface area contributed by atoms with Gasteiger partial charge in [0.1, 0.15) is 5.75 Å². The Labute approximate surface area is 145 Å². The Bertz CT molecular complexity index is 532. The van der Waals surface area contributed by atoms with Gasteiger partial charge in [0, 0.05) is 31.7 Å². The highest BCUT2D eigenvalue weighted by atomic mass is 16.5. The lowest BCUT2D eigenvalue weighted by Crippen LogP contribution is -2.47. The zero-order valence-corrected chi connectivity index (χ0v) is 14.9. The van der Waals surface area contributed by atoms with Crippen LogP contribution >= 0.6 is 0 Å². The lowest BCUT2D eigenvalue weighted by molar-refractivity contribution is 0.0663. The van der Waals surface area contributed by atoms with E-state index in [1.165, 1.54) is 32.1 Å². The summed E-state index contributed by atoms with van der Waals surface area (Å²) < 4.78 is 5.92. The number of nitrogens with zero attached hydrogens (tertiary/aromatic N) is 2. The van der Waals surface area contributed by atoms with Crippen molar-refractivity contribution in [1.29, 1.82) is 0 Å². The first-order chi connectivity index (χ1) is 11.7. The highest BCUT2D eigenvalue weighted by Gasteiger charge is 2.20. The first-order valence-corrected chi connectivity index (χ1v) is 9.43. The van der Waals surface area contributed by atoms with Gasteiger partial charge in [-0.15, -0.1) is 0 Å². The van der Waals surface area contributed by atoms with Crippen LogP contribution in [0.4, 0.5) is 0 Å². The minimum atomic E-state index is 0.126. The molecule has 24 heavy (non-hydrogen) atoms. The minimum absolute atomic E-state index is 0.126. The van der Waals surface area contributed by atoms with Crippen molar-refractivity contribution in [3.05, 3.63) is 29.8 Å². The second kappa shape index (κ2) is 8.52. The van der Waals surface area contributed by atoms with E-state index < -0.39 is 0 Å². The Morgan fingerprint density at radius 3 is 2.62 bits per heavy atom. The fraction of sp³-hybridized carbons (Fsp3) is 0.650. The molecule has 1 aromatic rings. The number of piperazine rings is 1. The number of carbonyl (C=O) groups excluding carboxylic acids is 1. The second-order valence-electron chi connectivity index (χ2n) is 7.26. The van der Waals surface area contributed by atoms with Gasteiger partial charge < -0.3 is 14.5 Å². The van der Waals surface area contributed by atoms with Gasteiger partial charge in [0.05, 0.1) is 6.61 Å². The van der Waals surface area contributed by atoms with Crippen LogP contribution < -0.4 is 4.74 Å². The molecule has 1 heterocycles. The molecule has 0 radical (unpaired) electrons. The average Bonchev–Trinajstić information content (AvgIpc) is 2.63. The van der Waals surface area contributed by atoms with Crippen LogP contribution in [0.15, 0.2) is 24.3 Å². The Hall–Kier alpha value is -1.55. The van der Waals surface area contributed by atoms with Gasteiger partial charge in [-0.25, -0.2) is 0 Å². The molecule has 1 aliphatic carbocycles. The van der Waals surface area contributed by atoms with E-state index >= 15 is 0 Å². The summed E-state index contributed by atoms with van der Waals surface area (Å²) in [6.45, 7) is 4.27. The van der Waals surface area contributed by atoms with Gasteiger partial charge in [0.25, 0.3) is 5.91 Å². The number of likely N-dealkylation sites (N-methyl/N-ethyl adjacent to an activating group) is 1. The molecular formula is C20H30N2O2. The molecule has 4 nitrogen and oxygen atoms in total. The summed E-state index contributed by atoms with van der Waals surface area (Å²) in [5.41, 5.74) is 0.745. The molecule has 1 aliphatic heterocycles. The number of amides is 1. The number of benzene rings is 1. The summed E-state index contributed by atoms with van der Waals surface area (Å²) in [5.74, 6) is 1.78. The molecule has 1 saturated carbocycles. The number of hydrogen-bond donors (Lipinski definition) is 0. The Morgan fingerprint density at radius 2 is 1.88 bits per heavy atom. The fourth-order valence-electron chi connectivity index (χ4n) is 3.73. The van der Waals surface area contributed by atoms with Crippen molar-refractivity contribution in [2.75, 3.05) is 39.8 Å². The summed E-state index contributed by atoms with van der Waals surface area (Å²) in [7, 11) is 2.10. The van der Waals surface area contributed by atoms with Crippen molar-refractivity contribution < 1.29 is 9.53 Å².